The van der Waals surface area contributed by atoms with E-state index < -0.39 is 0 Å². The van der Waals surface area contributed by atoms with Crippen LogP contribution in [-0.4, -0.2) is 53.7 Å². The van der Waals surface area contributed by atoms with Gasteiger partial charge in [-0.15, -0.1) is 0 Å². The van der Waals surface area contributed by atoms with E-state index in [9.17, 15) is 9.59 Å². The minimum absolute atomic E-state index is 0.121. The SMILES string of the molecule is CCN(CC)CCCOc1cccc(-c2cc(C(C)C)c(NC(=O)N(CCc3ccccc3)c3cc4cccnc4[nH]c3=O)c(C(C)C)c2)c1. The second-order valence-electron chi connectivity index (χ2n) is 13.3. The summed E-state index contributed by atoms with van der Waals surface area (Å²) in [6.45, 7) is 17.0. The highest BCUT2D eigenvalue weighted by molar-refractivity contribution is 6.03. The molecular weight excluding hydrogens is 622 g/mol. The molecule has 2 aromatic heterocycles. The molecule has 0 saturated carbocycles. The van der Waals surface area contributed by atoms with Crippen molar-refractivity contribution in [1.82, 2.24) is 14.9 Å². The first-order chi connectivity index (χ1) is 24.2. The average Bonchev–Trinajstić information content (AvgIpc) is 3.12. The topological polar surface area (TPSA) is 90.6 Å². The van der Waals surface area contributed by atoms with Gasteiger partial charge in [0.15, 0.2) is 0 Å². The number of amides is 2. The highest BCUT2D eigenvalue weighted by atomic mass is 16.5. The molecule has 0 aliphatic carbocycles. The molecule has 0 unspecified atom stereocenters. The van der Waals surface area contributed by atoms with Crippen molar-refractivity contribution >= 4 is 28.4 Å². The van der Waals surface area contributed by atoms with Crippen LogP contribution in [0.25, 0.3) is 22.2 Å². The zero-order valence-electron chi connectivity index (χ0n) is 30.3. The lowest BCUT2D eigenvalue weighted by molar-refractivity contribution is 0.249. The number of ether oxygens (including phenoxy) is 1. The summed E-state index contributed by atoms with van der Waals surface area (Å²) in [4.78, 5) is 39.0. The third-order valence-electron chi connectivity index (χ3n) is 9.22. The number of benzene rings is 3. The number of nitrogens with zero attached hydrogens (tertiary/aromatic N) is 3. The summed E-state index contributed by atoms with van der Waals surface area (Å²) < 4.78 is 6.18. The van der Waals surface area contributed by atoms with Gasteiger partial charge in [-0.25, -0.2) is 9.78 Å². The maximum atomic E-state index is 14.4. The van der Waals surface area contributed by atoms with Crippen molar-refractivity contribution in [1.29, 1.82) is 0 Å². The molecule has 2 amide bonds. The van der Waals surface area contributed by atoms with Crippen LogP contribution in [0.3, 0.4) is 0 Å². The Labute approximate surface area is 296 Å². The van der Waals surface area contributed by atoms with Gasteiger partial charge in [0.1, 0.15) is 17.1 Å². The van der Waals surface area contributed by atoms with E-state index in [-0.39, 0.29) is 29.1 Å². The molecule has 8 nitrogen and oxygen atoms in total. The predicted octanol–water partition coefficient (Wildman–Crippen LogP) is 9.23. The summed E-state index contributed by atoms with van der Waals surface area (Å²) in [5.41, 5.74) is 6.47. The van der Waals surface area contributed by atoms with E-state index in [1.807, 2.05) is 54.6 Å². The van der Waals surface area contributed by atoms with Gasteiger partial charge in [0.25, 0.3) is 5.56 Å². The van der Waals surface area contributed by atoms with Gasteiger partial charge < -0.3 is 19.9 Å². The van der Waals surface area contributed by atoms with Crippen LogP contribution in [0.1, 0.15) is 76.5 Å². The third-order valence-corrected chi connectivity index (χ3v) is 9.22. The van der Waals surface area contributed by atoms with Crippen molar-refractivity contribution in [3.05, 3.63) is 118 Å². The smallest absolute Gasteiger partial charge is 0.326 e. The predicted molar refractivity (Wildman–Crippen MR) is 207 cm³/mol. The molecule has 0 aliphatic rings. The van der Waals surface area contributed by atoms with Crippen molar-refractivity contribution in [2.24, 2.45) is 0 Å². The molecule has 5 aromatic rings. The van der Waals surface area contributed by atoms with Gasteiger partial charge in [0, 0.05) is 30.4 Å². The van der Waals surface area contributed by atoms with E-state index in [4.69, 9.17) is 4.74 Å². The van der Waals surface area contributed by atoms with Crippen LogP contribution < -0.4 is 20.5 Å². The number of nitrogens with one attached hydrogen (secondary N) is 2. The number of rotatable bonds is 15. The lowest BCUT2D eigenvalue weighted by Crippen LogP contribution is -2.40. The van der Waals surface area contributed by atoms with E-state index in [1.165, 1.54) is 0 Å². The fourth-order valence-corrected chi connectivity index (χ4v) is 6.31. The maximum Gasteiger partial charge on any atom is 0.326 e. The standard InChI is InChI=1S/C42H51N5O3/c1-7-46(8-2)22-14-24-50-35-19-12-17-32(25-35)34-26-36(29(3)4)39(37(27-34)30(5)6)44-42(49)47(23-20-31-15-10-9-11-16-31)38-28-33-18-13-21-43-40(33)45-41(38)48/h9-13,15-19,21,25-30H,7-8,14,20,22-24H2,1-6H3,(H,44,49)(H,43,45,48). The van der Waals surface area contributed by atoms with E-state index in [0.29, 0.717) is 25.2 Å². The molecule has 3 aromatic carbocycles. The molecule has 262 valence electrons. The van der Waals surface area contributed by atoms with E-state index in [0.717, 1.165) is 70.7 Å². The molecule has 0 radical (unpaired) electrons. The lowest BCUT2D eigenvalue weighted by atomic mass is 9.88. The number of aromatic nitrogens is 2. The second kappa shape index (κ2) is 17.1. The highest BCUT2D eigenvalue weighted by Gasteiger charge is 2.24. The van der Waals surface area contributed by atoms with Gasteiger partial charge in [0.2, 0.25) is 0 Å². The largest absolute Gasteiger partial charge is 0.494 e. The van der Waals surface area contributed by atoms with Gasteiger partial charge in [0.05, 0.1) is 6.61 Å². The first-order valence-electron chi connectivity index (χ1n) is 17.9. The summed E-state index contributed by atoms with van der Waals surface area (Å²) in [6.07, 6.45) is 3.19. The summed E-state index contributed by atoms with van der Waals surface area (Å²) in [6, 6.07) is 27.7. The number of fused-ring (bicyclic) bond motifs is 1. The van der Waals surface area contributed by atoms with Crippen molar-refractivity contribution in [3.8, 4) is 16.9 Å². The van der Waals surface area contributed by atoms with Crippen LogP contribution in [0.5, 0.6) is 5.75 Å². The Bertz CT molecular complexity index is 1900. The van der Waals surface area contributed by atoms with Crippen molar-refractivity contribution in [2.75, 3.05) is 43.0 Å². The molecule has 2 N–H and O–H groups in total. The van der Waals surface area contributed by atoms with Gasteiger partial charge >= 0.3 is 6.03 Å². The van der Waals surface area contributed by atoms with Crippen molar-refractivity contribution < 1.29 is 9.53 Å². The lowest BCUT2D eigenvalue weighted by Gasteiger charge is -2.27. The second-order valence-corrected chi connectivity index (χ2v) is 13.3. The summed E-state index contributed by atoms with van der Waals surface area (Å²) >= 11 is 0. The molecule has 2 heterocycles. The molecule has 5 rings (SSSR count). The fraction of sp³-hybridized carbons (Fsp3) is 0.357. The number of pyridine rings is 2. The number of hydrogen-bond acceptors (Lipinski definition) is 5. The van der Waals surface area contributed by atoms with Crippen LogP contribution in [0.4, 0.5) is 16.2 Å². The summed E-state index contributed by atoms with van der Waals surface area (Å²) in [7, 11) is 0. The monoisotopic (exact) mass is 673 g/mol. The Balaban J connectivity index is 1.47. The number of carbonyl (C=O) groups is 1. The van der Waals surface area contributed by atoms with Crippen molar-refractivity contribution in [2.45, 2.75) is 66.2 Å². The quantitative estimate of drug-likeness (QED) is 0.108. The Kier molecular flexibility index (Phi) is 12.4. The number of urea groups is 1. The summed E-state index contributed by atoms with van der Waals surface area (Å²) in [5.74, 6) is 1.09. The molecule has 50 heavy (non-hydrogen) atoms. The molecule has 0 fully saturated rings. The van der Waals surface area contributed by atoms with Crippen molar-refractivity contribution in [3.63, 3.8) is 0 Å². The molecular formula is C42H51N5O3. The Hall–Kier alpha value is -4.95. The van der Waals surface area contributed by atoms with Crippen LogP contribution in [-0.2, 0) is 6.42 Å². The zero-order chi connectivity index (χ0) is 35.6. The average molecular weight is 674 g/mol. The normalized spacial score (nSPS) is 11.5. The van der Waals surface area contributed by atoms with Gasteiger partial charge in [-0.2, -0.15) is 0 Å². The van der Waals surface area contributed by atoms with Gasteiger partial charge in [-0.05, 0) is 108 Å². The summed E-state index contributed by atoms with van der Waals surface area (Å²) in [5, 5.41) is 4.04. The molecule has 0 atom stereocenters. The Morgan fingerprint density at radius 3 is 2.24 bits per heavy atom. The first-order valence-corrected chi connectivity index (χ1v) is 17.9. The molecule has 0 saturated heterocycles. The van der Waals surface area contributed by atoms with Crippen LogP contribution in [0.15, 0.2) is 95.9 Å². The Morgan fingerprint density at radius 2 is 1.56 bits per heavy atom. The molecule has 8 heteroatoms. The van der Waals surface area contributed by atoms with Crippen LogP contribution >= 0.6 is 0 Å². The number of carbonyl (C=O) groups excluding carboxylic acids is 1. The van der Waals surface area contributed by atoms with Crippen LogP contribution in [0.2, 0.25) is 0 Å². The highest BCUT2D eigenvalue weighted by Crippen LogP contribution is 2.38. The minimum atomic E-state index is -0.363. The van der Waals surface area contributed by atoms with E-state index in [2.05, 4.69) is 86.0 Å². The molecule has 0 aliphatic heterocycles. The van der Waals surface area contributed by atoms with E-state index in [1.54, 1.807) is 17.2 Å². The number of H-pyrrole nitrogens is 1. The van der Waals surface area contributed by atoms with E-state index >= 15 is 0 Å². The Morgan fingerprint density at radius 1 is 0.840 bits per heavy atom. The first kappa shape index (κ1) is 36.3. The van der Waals surface area contributed by atoms with Gasteiger partial charge in [-0.3, -0.25) is 9.69 Å². The maximum absolute atomic E-state index is 14.4. The number of hydrogen-bond donors (Lipinski definition) is 2. The third kappa shape index (κ3) is 8.98. The fourth-order valence-electron chi connectivity index (χ4n) is 6.31. The molecule has 0 spiro atoms. The number of anilines is 2. The molecule has 0 bridgehead atoms. The van der Waals surface area contributed by atoms with Crippen LogP contribution in [0, 0.1) is 0 Å². The number of aromatic amines is 1. The zero-order valence-corrected chi connectivity index (χ0v) is 30.3. The van der Waals surface area contributed by atoms with Gasteiger partial charge in [-0.1, -0.05) is 84.0 Å². The minimum Gasteiger partial charge on any atom is -0.494 e.